The average Bonchev–Trinajstić information content (AvgIpc) is 2.65. The highest BCUT2D eigenvalue weighted by molar-refractivity contribution is 5.11. The second-order valence-corrected chi connectivity index (χ2v) is 8.72. The first-order valence-corrected chi connectivity index (χ1v) is 8.11. The van der Waals surface area contributed by atoms with Crippen LogP contribution in [-0.4, -0.2) is 36.0 Å². The van der Waals surface area contributed by atoms with Gasteiger partial charge >= 0.3 is 0 Å². The van der Waals surface area contributed by atoms with Gasteiger partial charge in [-0.25, -0.2) is 0 Å². The fourth-order valence-electron chi connectivity index (χ4n) is 4.09. The molecule has 0 aromatic carbocycles. The lowest BCUT2D eigenvalue weighted by atomic mass is 9.70. The Hall–Kier alpha value is -0.120. The van der Waals surface area contributed by atoms with Gasteiger partial charge in [-0.3, -0.25) is 0 Å². The molecule has 2 bridgehead atoms. The molecule has 3 heteroatoms. The third-order valence-corrected chi connectivity index (χ3v) is 6.07. The van der Waals surface area contributed by atoms with Crippen molar-refractivity contribution in [2.45, 2.75) is 78.6 Å². The third-order valence-electron chi connectivity index (χ3n) is 6.07. The van der Waals surface area contributed by atoms with Crippen molar-refractivity contribution in [2.24, 2.45) is 16.7 Å². The van der Waals surface area contributed by atoms with E-state index in [1.807, 2.05) is 0 Å². The molecule has 2 N–H and O–H groups in total. The molecule has 0 radical (unpaired) electrons. The van der Waals surface area contributed by atoms with Gasteiger partial charge in [0, 0.05) is 12.1 Å². The molecule has 2 rings (SSSR count). The molecule has 0 heterocycles. The van der Waals surface area contributed by atoms with Crippen molar-refractivity contribution in [1.82, 2.24) is 5.32 Å². The van der Waals surface area contributed by atoms with Gasteiger partial charge in [-0.2, -0.15) is 0 Å². The zero-order chi connectivity index (χ0) is 15.2. The summed E-state index contributed by atoms with van der Waals surface area (Å²) < 4.78 is 6.11. The summed E-state index contributed by atoms with van der Waals surface area (Å²) >= 11 is 0. The summed E-state index contributed by atoms with van der Waals surface area (Å²) in [5.74, 6) is 0.794. The van der Waals surface area contributed by atoms with Crippen LogP contribution in [-0.2, 0) is 4.74 Å². The lowest BCUT2D eigenvalue weighted by Crippen LogP contribution is -2.43. The van der Waals surface area contributed by atoms with Gasteiger partial charge in [0.05, 0.1) is 18.8 Å². The molecule has 2 fully saturated rings. The van der Waals surface area contributed by atoms with Crippen molar-refractivity contribution in [2.75, 3.05) is 13.2 Å². The minimum Gasteiger partial charge on any atom is -0.389 e. The average molecular weight is 283 g/mol. The van der Waals surface area contributed by atoms with Crippen LogP contribution >= 0.6 is 0 Å². The minimum absolute atomic E-state index is 0.0430. The summed E-state index contributed by atoms with van der Waals surface area (Å²) in [6.07, 6.45) is 3.69. The van der Waals surface area contributed by atoms with E-state index in [1.165, 1.54) is 19.3 Å². The molecule has 2 aliphatic rings. The second kappa shape index (κ2) is 5.26. The Bertz CT molecular complexity index is 347. The number of ether oxygens (including phenoxy) is 1. The summed E-state index contributed by atoms with van der Waals surface area (Å²) in [6.45, 7) is 14.5. The van der Waals surface area contributed by atoms with Gasteiger partial charge in [-0.05, 0) is 56.8 Å². The first-order chi connectivity index (χ1) is 9.06. The number of β-amino-alcohol motifs (C(OH)–C–C–N with tert-alkyl or cyclic N) is 1. The molecule has 0 unspecified atom stereocenters. The number of nitrogens with one attached hydrogen (secondary N) is 1. The molecule has 0 saturated heterocycles. The molecule has 3 nitrogen and oxygen atoms in total. The molecule has 0 aromatic heterocycles. The predicted octanol–water partition coefficient (Wildman–Crippen LogP) is 2.97. The zero-order valence-electron chi connectivity index (χ0n) is 14.1. The van der Waals surface area contributed by atoms with Crippen molar-refractivity contribution >= 4 is 0 Å². The van der Waals surface area contributed by atoms with Crippen molar-refractivity contribution in [3.63, 3.8) is 0 Å². The summed E-state index contributed by atoms with van der Waals surface area (Å²) in [7, 11) is 0. The van der Waals surface area contributed by atoms with Crippen molar-refractivity contribution in [3.05, 3.63) is 0 Å². The maximum absolute atomic E-state index is 10.1. The van der Waals surface area contributed by atoms with Crippen LogP contribution in [0.1, 0.15) is 60.8 Å². The predicted molar refractivity (Wildman–Crippen MR) is 82.7 cm³/mol. The van der Waals surface area contributed by atoms with Crippen molar-refractivity contribution in [1.29, 1.82) is 0 Å². The number of hydrogen-bond donors (Lipinski definition) is 2. The minimum atomic E-state index is -0.417. The van der Waals surface area contributed by atoms with Crippen LogP contribution in [0.4, 0.5) is 0 Å². The molecule has 0 amide bonds. The largest absolute Gasteiger partial charge is 0.389 e. The highest BCUT2D eigenvalue weighted by atomic mass is 16.5. The molecule has 2 saturated carbocycles. The van der Waals surface area contributed by atoms with Gasteiger partial charge < -0.3 is 15.2 Å². The van der Waals surface area contributed by atoms with Crippen molar-refractivity contribution < 1.29 is 9.84 Å². The SMILES string of the molecule is CC(C)(C)NC[C@H](O)CO[C@@H]1C[C@H]2CC[C@@]1(C)C2(C)C. The van der Waals surface area contributed by atoms with Gasteiger partial charge in [-0.15, -0.1) is 0 Å². The number of hydrogen-bond acceptors (Lipinski definition) is 3. The van der Waals surface area contributed by atoms with Crippen LogP contribution in [0.25, 0.3) is 0 Å². The molecular formula is C17H33NO2. The van der Waals surface area contributed by atoms with Crippen LogP contribution < -0.4 is 5.32 Å². The fourth-order valence-corrected chi connectivity index (χ4v) is 4.09. The van der Waals surface area contributed by atoms with Gasteiger partial charge in [0.25, 0.3) is 0 Å². The molecule has 4 atom stereocenters. The first kappa shape index (κ1) is 16.3. The van der Waals surface area contributed by atoms with Gasteiger partial charge in [0.1, 0.15) is 0 Å². The zero-order valence-corrected chi connectivity index (χ0v) is 14.1. The quantitative estimate of drug-likeness (QED) is 0.815. The van der Waals surface area contributed by atoms with E-state index in [-0.39, 0.29) is 11.0 Å². The van der Waals surface area contributed by atoms with Crippen molar-refractivity contribution in [3.8, 4) is 0 Å². The number of aliphatic hydroxyl groups excluding tert-OH is 1. The summed E-state index contributed by atoms with van der Waals surface area (Å²) in [4.78, 5) is 0. The summed E-state index contributed by atoms with van der Waals surface area (Å²) in [6, 6.07) is 0. The molecule has 0 spiro atoms. The van der Waals surface area contributed by atoms with E-state index in [2.05, 4.69) is 46.9 Å². The monoisotopic (exact) mass is 283 g/mol. The van der Waals surface area contributed by atoms with E-state index < -0.39 is 6.10 Å². The highest BCUT2D eigenvalue weighted by Gasteiger charge is 2.61. The van der Waals surface area contributed by atoms with E-state index in [9.17, 15) is 5.11 Å². The molecule has 118 valence electrons. The van der Waals surface area contributed by atoms with Gasteiger partial charge in [0.15, 0.2) is 0 Å². The van der Waals surface area contributed by atoms with Gasteiger partial charge in [-0.1, -0.05) is 20.8 Å². The lowest BCUT2D eigenvalue weighted by molar-refractivity contribution is -0.0748. The summed E-state index contributed by atoms with van der Waals surface area (Å²) in [5, 5.41) is 13.4. The summed E-state index contributed by atoms with van der Waals surface area (Å²) in [5.41, 5.74) is 0.711. The number of aliphatic hydroxyl groups is 1. The maximum Gasteiger partial charge on any atom is 0.0898 e. The Balaban J connectivity index is 1.81. The lowest BCUT2D eigenvalue weighted by Gasteiger charge is -2.39. The molecule has 0 aromatic rings. The second-order valence-electron chi connectivity index (χ2n) is 8.72. The Kier molecular flexibility index (Phi) is 4.27. The molecule has 20 heavy (non-hydrogen) atoms. The first-order valence-electron chi connectivity index (χ1n) is 8.11. The number of fused-ring (bicyclic) bond motifs is 2. The van der Waals surface area contributed by atoms with Crippen LogP contribution in [0.2, 0.25) is 0 Å². The van der Waals surface area contributed by atoms with E-state index in [4.69, 9.17) is 4.74 Å². The smallest absolute Gasteiger partial charge is 0.0898 e. The standard InChI is InChI=1S/C17H33NO2/c1-15(2,3)18-10-13(19)11-20-14-9-12-7-8-17(14,6)16(12,4)5/h12-14,18-19H,7-11H2,1-6H3/t12-,13+,14-,17-/m1/s1. The van der Waals surface area contributed by atoms with Crippen LogP contribution in [0, 0.1) is 16.7 Å². The van der Waals surface area contributed by atoms with Crippen LogP contribution in [0.15, 0.2) is 0 Å². The van der Waals surface area contributed by atoms with E-state index in [1.54, 1.807) is 0 Å². The normalized spacial score (nSPS) is 37.4. The molecule has 0 aliphatic heterocycles. The Morgan fingerprint density at radius 3 is 2.40 bits per heavy atom. The Labute approximate surface area is 124 Å². The van der Waals surface area contributed by atoms with E-state index in [0.717, 1.165) is 5.92 Å². The van der Waals surface area contributed by atoms with E-state index in [0.29, 0.717) is 24.7 Å². The maximum atomic E-state index is 10.1. The van der Waals surface area contributed by atoms with E-state index >= 15 is 0 Å². The van der Waals surface area contributed by atoms with Crippen LogP contribution in [0.5, 0.6) is 0 Å². The highest BCUT2D eigenvalue weighted by Crippen LogP contribution is 2.66. The Morgan fingerprint density at radius 2 is 1.95 bits per heavy atom. The molecular weight excluding hydrogens is 250 g/mol. The molecule has 2 aliphatic carbocycles. The van der Waals surface area contributed by atoms with Crippen LogP contribution in [0.3, 0.4) is 0 Å². The topological polar surface area (TPSA) is 41.5 Å². The Morgan fingerprint density at radius 1 is 1.30 bits per heavy atom. The fraction of sp³-hybridized carbons (Fsp3) is 1.00. The third kappa shape index (κ3) is 2.90. The number of rotatable bonds is 5. The van der Waals surface area contributed by atoms with Gasteiger partial charge in [0.2, 0.25) is 0 Å².